The fraction of sp³-hybridized carbons (Fsp3) is 0.632. The molecule has 26 heavy (non-hydrogen) atoms. The van der Waals surface area contributed by atoms with Gasteiger partial charge in [0.2, 0.25) is 0 Å². The summed E-state index contributed by atoms with van der Waals surface area (Å²) in [6, 6.07) is 5.09. The molecule has 1 aromatic rings. The van der Waals surface area contributed by atoms with Crippen LogP contribution < -0.4 is 10.6 Å². The second kappa shape index (κ2) is 10.4. The molecule has 7 heteroatoms. The Morgan fingerprint density at radius 1 is 1.27 bits per heavy atom. The summed E-state index contributed by atoms with van der Waals surface area (Å²) in [5.41, 5.74) is 0.943. The molecule has 1 unspecified atom stereocenters. The number of halogens is 2. The van der Waals surface area contributed by atoms with Gasteiger partial charge >= 0.3 is 0 Å². The summed E-state index contributed by atoms with van der Waals surface area (Å²) < 4.78 is 5.24. The topological polar surface area (TPSA) is 65.9 Å². The Morgan fingerprint density at radius 3 is 2.50 bits per heavy atom. The van der Waals surface area contributed by atoms with Crippen molar-refractivity contribution >= 4 is 29.2 Å². The molecule has 1 saturated carbocycles. The van der Waals surface area contributed by atoms with Crippen molar-refractivity contribution in [3.8, 4) is 0 Å². The van der Waals surface area contributed by atoms with Crippen LogP contribution in [0.4, 0.5) is 0 Å². The highest BCUT2D eigenvalue weighted by Gasteiger charge is 2.36. The van der Waals surface area contributed by atoms with Crippen LogP contribution in [0.5, 0.6) is 0 Å². The van der Waals surface area contributed by atoms with Gasteiger partial charge < -0.3 is 20.5 Å². The SMILES string of the molecule is CCNC(=NCC1(CCOC)CCC1)NCC(O)c1cc(Cl)cc(Cl)c1. The Balaban J connectivity index is 1.94. The number of rotatable bonds is 9. The number of hydrogen-bond donors (Lipinski definition) is 3. The lowest BCUT2D eigenvalue weighted by Crippen LogP contribution is -2.41. The lowest BCUT2D eigenvalue weighted by atomic mass is 9.67. The van der Waals surface area contributed by atoms with Crippen LogP contribution in [-0.2, 0) is 4.74 Å². The smallest absolute Gasteiger partial charge is 0.191 e. The second-order valence-corrected chi connectivity index (χ2v) is 7.76. The van der Waals surface area contributed by atoms with Crippen molar-refractivity contribution < 1.29 is 9.84 Å². The van der Waals surface area contributed by atoms with Gasteiger partial charge in [0.25, 0.3) is 0 Å². The maximum Gasteiger partial charge on any atom is 0.191 e. The summed E-state index contributed by atoms with van der Waals surface area (Å²) in [6.07, 6.45) is 3.97. The average Bonchev–Trinajstić information content (AvgIpc) is 2.57. The highest BCUT2D eigenvalue weighted by atomic mass is 35.5. The van der Waals surface area contributed by atoms with E-state index in [0.717, 1.165) is 26.1 Å². The van der Waals surface area contributed by atoms with Crippen LogP contribution in [0.25, 0.3) is 0 Å². The normalized spacial score (nSPS) is 17.5. The Labute approximate surface area is 166 Å². The number of aliphatic imine (C=N–C) groups is 1. The molecule has 2 rings (SSSR count). The number of aliphatic hydroxyl groups excluding tert-OH is 1. The summed E-state index contributed by atoms with van der Waals surface area (Å²) in [7, 11) is 1.74. The quantitative estimate of drug-likeness (QED) is 0.434. The van der Waals surface area contributed by atoms with Gasteiger partial charge in [-0.05, 0) is 55.4 Å². The van der Waals surface area contributed by atoms with Crippen molar-refractivity contribution in [1.82, 2.24) is 10.6 Å². The molecular weight excluding hydrogens is 373 g/mol. The first-order valence-corrected chi connectivity index (χ1v) is 9.89. The van der Waals surface area contributed by atoms with E-state index in [1.54, 1.807) is 25.3 Å². The Bertz CT molecular complexity index is 586. The second-order valence-electron chi connectivity index (χ2n) is 6.89. The van der Waals surface area contributed by atoms with Gasteiger partial charge in [-0.2, -0.15) is 0 Å². The third-order valence-corrected chi connectivity index (χ3v) is 5.34. The first kappa shape index (κ1) is 21.3. The molecule has 146 valence electrons. The van der Waals surface area contributed by atoms with Crippen LogP contribution >= 0.6 is 23.2 Å². The molecular formula is C19H29Cl2N3O2. The Kier molecular flexibility index (Phi) is 8.48. The lowest BCUT2D eigenvalue weighted by molar-refractivity contribution is 0.0778. The maximum absolute atomic E-state index is 10.4. The summed E-state index contributed by atoms with van der Waals surface area (Å²) in [5.74, 6) is 0.711. The monoisotopic (exact) mass is 401 g/mol. The van der Waals surface area contributed by atoms with Gasteiger partial charge in [-0.1, -0.05) is 29.6 Å². The van der Waals surface area contributed by atoms with Gasteiger partial charge in [0.05, 0.1) is 6.10 Å². The molecule has 1 atom stereocenters. The molecule has 3 N–H and O–H groups in total. The van der Waals surface area contributed by atoms with Crippen molar-refractivity contribution in [2.24, 2.45) is 10.4 Å². The average molecular weight is 402 g/mol. The number of benzene rings is 1. The van der Waals surface area contributed by atoms with E-state index in [2.05, 4.69) is 10.6 Å². The van der Waals surface area contributed by atoms with Crippen LogP contribution in [-0.4, -0.2) is 44.4 Å². The largest absolute Gasteiger partial charge is 0.387 e. The molecule has 0 spiro atoms. The van der Waals surface area contributed by atoms with Gasteiger partial charge in [-0.25, -0.2) is 0 Å². The minimum atomic E-state index is -0.721. The first-order valence-electron chi connectivity index (χ1n) is 9.13. The standard InChI is InChI=1S/C19H29Cl2N3O2/c1-3-22-18(24-13-19(5-4-6-19)7-8-26-2)23-12-17(25)14-9-15(20)11-16(21)10-14/h9-11,17,25H,3-8,12-13H2,1-2H3,(H2,22,23,24). The molecule has 1 aliphatic rings. The highest BCUT2D eigenvalue weighted by Crippen LogP contribution is 2.44. The predicted molar refractivity (Wildman–Crippen MR) is 108 cm³/mol. The number of nitrogens with one attached hydrogen (secondary N) is 2. The molecule has 0 aliphatic heterocycles. The van der Waals surface area contributed by atoms with Crippen molar-refractivity contribution in [1.29, 1.82) is 0 Å². The van der Waals surface area contributed by atoms with E-state index in [9.17, 15) is 5.11 Å². The van der Waals surface area contributed by atoms with Crippen LogP contribution in [0.2, 0.25) is 10.0 Å². The van der Waals surface area contributed by atoms with Crippen molar-refractivity contribution in [3.63, 3.8) is 0 Å². The number of aliphatic hydroxyl groups is 1. The molecule has 1 aliphatic carbocycles. The van der Waals surface area contributed by atoms with Gasteiger partial charge in [0, 0.05) is 43.4 Å². The molecule has 0 amide bonds. The van der Waals surface area contributed by atoms with Crippen LogP contribution in [0.1, 0.15) is 44.3 Å². The van der Waals surface area contributed by atoms with Crippen LogP contribution in [0.15, 0.2) is 23.2 Å². The molecule has 0 bridgehead atoms. The van der Waals surface area contributed by atoms with Gasteiger partial charge in [-0.3, -0.25) is 4.99 Å². The fourth-order valence-corrected chi connectivity index (χ4v) is 3.69. The van der Waals surface area contributed by atoms with E-state index in [0.29, 0.717) is 28.1 Å². The maximum atomic E-state index is 10.4. The summed E-state index contributed by atoms with van der Waals surface area (Å²) in [4.78, 5) is 4.74. The van der Waals surface area contributed by atoms with Crippen molar-refractivity contribution in [3.05, 3.63) is 33.8 Å². The summed E-state index contributed by atoms with van der Waals surface area (Å²) in [5, 5.41) is 17.9. The number of methoxy groups -OCH3 is 1. The predicted octanol–water partition coefficient (Wildman–Crippen LogP) is 3.79. The molecule has 1 fully saturated rings. The molecule has 0 radical (unpaired) electrons. The van der Waals surface area contributed by atoms with E-state index in [1.807, 2.05) is 6.92 Å². The summed E-state index contributed by atoms with van der Waals surface area (Å²) >= 11 is 12.0. The van der Waals surface area contributed by atoms with E-state index in [4.69, 9.17) is 32.9 Å². The minimum absolute atomic E-state index is 0.261. The number of ether oxygens (including phenoxy) is 1. The Hall–Kier alpha value is -1.01. The number of hydrogen-bond acceptors (Lipinski definition) is 3. The van der Waals surface area contributed by atoms with Crippen molar-refractivity contribution in [2.45, 2.75) is 38.7 Å². The third-order valence-electron chi connectivity index (χ3n) is 4.90. The Morgan fingerprint density at radius 2 is 1.96 bits per heavy atom. The zero-order chi connectivity index (χ0) is 19.0. The first-order chi connectivity index (χ1) is 12.5. The van der Waals surface area contributed by atoms with Gasteiger partial charge in [-0.15, -0.1) is 0 Å². The zero-order valence-electron chi connectivity index (χ0n) is 15.5. The van der Waals surface area contributed by atoms with E-state index in [-0.39, 0.29) is 5.41 Å². The third kappa shape index (κ3) is 6.31. The van der Waals surface area contributed by atoms with Crippen molar-refractivity contribution in [2.75, 3.05) is 33.4 Å². The highest BCUT2D eigenvalue weighted by molar-refractivity contribution is 6.34. The van der Waals surface area contributed by atoms with Gasteiger partial charge in [0.1, 0.15) is 0 Å². The van der Waals surface area contributed by atoms with Gasteiger partial charge in [0.15, 0.2) is 5.96 Å². The number of nitrogens with zero attached hydrogens (tertiary/aromatic N) is 1. The molecule has 0 saturated heterocycles. The van der Waals surface area contributed by atoms with E-state index in [1.165, 1.54) is 19.3 Å². The molecule has 1 aromatic carbocycles. The van der Waals surface area contributed by atoms with Crippen LogP contribution in [0, 0.1) is 5.41 Å². The summed E-state index contributed by atoms with van der Waals surface area (Å²) in [6.45, 7) is 4.65. The molecule has 5 nitrogen and oxygen atoms in total. The molecule has 0 heterocycles. The fourth-order valence-electron chi connectivity index (χ4n) is 3.15. The minimum Gasteiger partial charge on any atom is -0.387 e. The van der Waals surface area contributed by atoms with Crippen LogP contribution in [0.3, 0.4) is 0 Å². The number of guanidine groups is 1. The lowest BCUT2D eigenvalue weighted by Gasteiger charge is -2.40. The molecule has 0 aromatic heterocycles. The zero-order valence-corrected chi connectivity index (χ0v) is 17.0. The van der Waals surface area contributed by atoms with E-state index >= 15 is 0 Å². The van der Waals surface area contributed by atoms with E-state index < -0.39 is 6.10 Å².